The number of aromatic nitrogens is 3. The van der Waals surface area contributed by atoms with Crippen molar-refractivity contribution in [2.24, 2.45) is 5.92 Å². The number of thioether (sulfide) groups is 1. The molecule has 0 fully saturated rings. The first-order chi connectivity index (χ1) is 16.3. The van der Waals surface area contributed by atoms with Crippen LogP contribution in [0.1, 0.15) is 43.1 Å². The van der Waals surface area contributed by atoms with Crippen LogP contribution in [0.2, 0.25) is 0 Å². The Hall–Kier alpha value is -3.53. The van der Waals surface area contributed by atoms with Crippen LogP contribution in [0.15, 0.2) is 53.7 Å². The number of nitrogens with one attached hydrogen (secondary N) is 1. The van der Waals surface area contributed by atoms with E-state index in [9.17, 15) is 9.59 Å². The van der Waals surface area contributed by atoms with Gasteiger partial charge < -0.3 is 24.5 Å². The molecular formula is C24H28N4O5S. The Bertz CT molecular complexity index is 1130. The van der Waals surface area contributed by atoms with Gasteiger partial charge in [0.15, 0.2) is 17.1 Å². The van der Waals surface area contributed by atoms with Crippen molar-refractivity contribution < 1.29 is 24.2 Å². The molecule has 1 amide bonds. The molecule has 0 saturated heterocycles. The van der Waals surface area contributed by atoms with Gasteiger partial charge in [-0.15, -0.1) is 10.2 Å². The van der Waals surface area contributed by atoms with E-state index < -0.39 is 5.97 Å². The normalized spacial score (nSPS) is 11.8. The first kappa shape index (κ1) is 25.1. The summed E-state index contributed by atoms with van der Waals surface area (Å²) >= 11 is 1.28. The molecule has 0 radical (unpaired) electrons. The lowest BCUT2D eigenvalue weighted by Crippen LogP contribution is -2.17. The van der Waals surface area contributed by atoms with Gasteiger partial charge in [-0.1, -0.05) is 31.7 Å². The molecule has 1 aromatic heterocycles. The number of anilines is 1. The van der Waals surface area contributed by atoms with Crippen molar-refractivity contribution in [3.63, 3.8) is 0 Å². The fourth-order valence-corrected chi connectivity index (χ4v) is 3.95. The molecule has 0 bridgehead atoms. The molecule has 1 unspecified atom stereocenters. The number of carbonyl (C=O) groups is 2. The second-order valence-electron chi connectivity index (χ2n) is 8.00. The predicted octanol–water partition coefficient (Wildman–Crippen LogP) is 4.51. The van der Waals surface area contributed by atoms with Gasteiger partial charge in [-0.2, -0.15) is 0 Å². The highest BCUT2D eigenvalue weighted by atomic mass is 32.2. The summed E-state index contributed by atoms with van der Waals surface area (Å²) in [6.45, 7) is 6.77. The lowest BCUT2D eigenvalue weighted by Gasteiger charge is -2.18. The van der Waals surface area contributed by atoms with E-state index in [0.29, 0.717) is 40.6 Å². The Morgan fingerprint density at radius 2 is 1.79 bits per heavy atom. The van der Waals surface area contributed by atoms with Gasteiger partial charge in [-0.05, 0) is 49.2 Å². The van der Waals surface area contributed by atoms with E-state index in [4.69, 9.17) is 14.6 Å². The fraction of sp³-hybridized carbons (Fsp3) is 0.333. The summed E-state index contributed by atoms with van der Waals surface area (Å²) in [5.74, 6) is 1.25. The number of hydrogen-bond donors (Lipinski definition) is 2. The third-order valence-corrected chi connectivity index (χ3v) is 5.73. The van der Waals surface area contributed by atoms with Crippen molar-refractivity contribution in [3.8, 4) is 11.5 Å². The number of methoxy groups -OCH3 is 1. The number of rotatable bonds is 11. The molecule has 3 aromatic rings. The first-order valence-corrected chi connectivity index (χ1v) is 11.7. The molecule has 9 nitrogen and oxygen atoms in total. The Morgan fingerprint density at radius 1 is 1.09 bits per heavy atom. The van der Waals surface area contributed by atoms with Crippen molar-refractivity contribution in [2.45, 2.75) is 38.6 Å². The number of aromatic carboxylic acids is 1. The van der Waals surface area contributed by atoms with Crippen molar-refractivity contribution in [2.75, 3.05) is 18.2 Å². The summed E-state index contributed by atoms with van der Waals surface area (Å²) in [5.41, 5.74) is 0.687. The van der Waals surface area contributed by atoms with E-state index in [0.717, 1.165) is 0 Å². The van der Waals surface area contributed by atoms with Crippen LogP contribution in [0.4, 0.5) is 5.69 Å². The van der Waals surface area contributed by atoms with E-state index >= 15 is 0 Å². The Labute approximate surface area is 202 Å². The van der Waals surface area contributed by atoms with Crippen LogP contribution in [-0.4, -0.2) is 44.6 Å². The number of ether oxygens (including phenoxy) is 2. The van der Waals surface area contributed by atoms with Gasteiger partial charge in [0.1, 0.15) is 11.5 Å². The molecule has 10 heteroatoms. The van der Waals surface area contributed by atoms with Gasteiger partial charge >= 0.3 is 5.97 Å². The molecular weight excluding hydrogens is 456 g/mol. The maximum atomic E-state index is 12.4. The number of carboxylic acids is 1. The number of nitrogens with zero attached hydrogens (tertiary/aromatic N) is 3. The summed E-state index contributed by atoms with van der Waals surface area (Å²) in [5, 5.41) is 21.0. The zero-order valence-corrected chi connectivity index (χ0v) is 20.3. The van der Waals surface area contributed by atoms with Crippen molar-refractivity contribution in [1.29, 1.82) is 0 Å². The highest BCUT2D eigenvalue weighted by molar-refractivity contribution is 7.99. The predicted molar refractivity (Wildman–Crippen MR) is 130 cm³/mol. The van der Waals surface area contributed by atoms with Gasteiger partial charge in [0.05, 0.1) is 18.4 Å². The summed E-state index contributed by atoms with van der Waals surface area (Å²) in [4.78, 5) is 23.4. The molecule has 34 heavy (non-hydrogen) atoms. The zero-order chi connectivity index (χ0) is 24.7. The SMILES string of the molecule is COc1cccc(OC(C)c2nnc(SCC(=O)Nc3ccc(C(=O)O)cc3)n2CC(C)C)c1. The molecule has 0 aliphatic heterocycles. The molecule has 0 spiro atoms. The van der Waals surface area contributed by atoms with Crippen LogP contribution in [0, 0.1) is 5.92 Å². The third kappa shape index (κ3) is 6.74. The van der Waals surface area contributed by atoms with Crippen LogP contribution < -0.4 is 14.8 Å². The maximum absolute atomic E-state index is 12.4. The summed E-state index contributed by atoms with van der Waals surface area (Å²) in [6, 6.07) is 13.4. The van der Waals surface area contributed by atoms with Crippen LogP contribution >= 0.6 is 11.8 Å². The van der Waals surface area contributed by atoms with E-state index in [1.165, 1.54) is 23.9 Å². The number of carbonyl (C=O) groups excluding carboxylic acids is 1. The minimum atomic E-state index is -1.02. The molecule has 1 heterocycles. The second-order valence-corrected chi connectivity index (χ2v) is 8.95. The van der Waals surface area contributed by atoms with E-state index in [-0.39, 0.29) is 23.3 Å². The van der Waals surface area contributed by atoms with Gasteiger partial charge in [-0.25, -0.2) is 4.79 Å². The van der Waals surface area contributed by atoms with Crippen LogP contribution in [0.3, 0.4) is 0 Å². The smallest absolute Gasteiger partial charge is 0.335 e. The molecule has 1 atom stereocenters. The van der Waals surface area contributed by atoms with Crippen LogP contribution in [0.25, 0.3) is 0 Å². The summed E-state index contributed by atoms with van der Waals surface area (Å²) < 4.78 is 13.3. The molecule has 0 aliphatic rings. The highest BCUT2D eigenvalue weighted by Crippen LogP contribution is 2.27. The maximum Gasteiger partial charge on any atom is 0.335 e. The lowest BCUT2D eigenvalue weighted by atomic mass is 10.2. The number of hydrogen-bond acceptors (Lipinski definition) is 7. The van der Waals surface area contributed by atoms with Gasteiger partial charge in [0.25, 0.3) is 0 Å². The minimum Gasteiger partial charge on any atom is -0.497 e. The average molecular weight is 485 g/mol. The van der Waals surface area contributed by atoms with Gasteiger partial charge in [-0.3, -0.25) is 4.79 Å². The van der Waals surface area contributed by atoms with E-state index in [2.05, 4.69) is 29.4 Å². The molecule has 3 rings (SSSR count). The van der Waals surface area contributed by atoms with Crippen molar-refractivity contribution in [3.05, 3.63) is 59.9 Å². The molecule has 2 aromatic carbocycles. The lowest BCUT2D eigenvalue weighted by molar-refractivity contribution is -0.113. The number of amides is 1. The zero-order valence-electron chi connectivity index (χ0n) is 19.5. The topological polar surface area (TPSA) is 116 Å². The standard InChI is InChI=1S/C24H28N4O5S/c1-15(2)13-28-22(16(3)33-20-7-5-6-19(12-20)32-4)26-27-24(28)34-14-21(29)25-18-10-8-17(9-11-18)23(30)31/h5-12,15-16H,13-14H2,1-4H3,(H,25,29)(H,30,31). The summed E-state index contributed by atoms with van der Waals surface area (Å²) in [6.07, 6.45) is -0.366. The van der Waals surface area contributed by atoms with Crippen molar-refractivity contribution in [1.82, 2.24) is 14.8 Å². The first-order valence-electron chi connectivity index (χ1n) is 10.8. The number of carboxylic acid groups (broad SMARTS) is 1. The molecule has 0 saturated carbocycles. The largest absolute Gasteiger partial charge is 0.497 e. The monoisotopic (exact) mass is 484 g/mol. The van der Waals surface area contributed by atoms with Crippen molar-refractivity contribution >= 4 is 29.3 Å². The van der Waals surface area contributed by atoms with E-state index in [1.54, 1.807) is 19.2 Å². The molecule has 180 valence electrons. The molecule has 0 aliphatic carbocycles. The van der Waals surface area contributed by atoms with E-state index in [1.807, 2.05) is 35.8 Å². The minimum absolute atomic E-state index is 0.127. The second kappa shape index (κ2) is 11.6. The Kier molecular flexibility index (Phi) is 8.53. The average Bonchev–Trinajstić information content (AvgIpc) is 3.20. The third-order valence-electron chi connectivity index (χ3n) is 4.76. The Morgan fingerprint density at radius 3 is 2.44 bits per heavy atom. The fourth-order valence-electron chi connectivity index (χ4n) is 3.20. The quantitative estimate of drug-likeness (QED) is 0.382. The number of benzene rings is 2. The van der Waals surface area contributed by atoms with Crippen LogP contribution in [0.5, 0.6) is 11.5 Å². The Balaban J connectivity index is 1.67. The van der Waals surface area contributed by atoms with Gasteiger partial charge in [0.2, 0.25) is 5.91 Å². The summed E-state index contributed by atoms with van der Waals surface area (Å²) in [7, 11) is 1.60. The van der Waals surface area contributed by atoms with Gasteiger partial charge in [0, 0.05) is 18.3 Å². The highest BCUT2D eigenvalue weighted by Gasteiger charge is 2.21. The van der Waals surface area contributed by atoms with Crippen LogP contribution in [-0.2, 0) is 11.3 Å². The molecule has 2 N–H and O–H groups in total.